The summed E-state index contributed by atoms with van der Waals surface area (Å²) in [5.74, 6) is 1.67. The van der Waals surface area contributed by atoms with Gasteiger partial charge in [0.25, 0.3) is 0 Å². The molecule has 1 unspecified atom stereocenters. The quantitative estimate of drug-likeness (QED) is 0.299. The molecular formula is C33H47BrN2O3. The molecule has 0 bridgehead atoms. The molecule has 1 atom stereocenters. The molecule has 0 aliphatic carbocycles. The first-order chi connectivity index (χ1) is 17.6. The summed E-state index contributed by atoms with van der Waals surface area (Å²) in [7, 11) is 0. The third-order valence-corrected chi connectivity index (χ3v) is 7.04. The summed E-state index contributed by atoms with van der Waals surface area (Å²) in [5, 5.41) is 20.1. The number of hydrogen-bond donors (Lipinski definition) is 2. The van der Waals surface area contributed by atoms with Gasteiger partial charge in [-0.1, -0.05) is 67.0 Å². The molecule has 6 heteroatoms. The predicted molar refractivity (Wildman–Crippen MR) is 168 cm³/mol. The number of rotatable bonds is 8. The largest absolute Gasteiger partial charge is 0.507 e. The van der Waals surface area contributed by atoms with E-state index in [0.717, 1.165) is 40.9 Å². The monoisotopic (exact) mass is 598 g/mol. The van der Waals surface area contributed by atoms with Gasteiger partial charge >= 0.3 is 0 Å². The summed E-state index contributed by atoms with van der Waals surface area (Å²) in [6.07, 6.45) is 4.14. The van der Waals surface area contributed by atoms with Gasteiger partial charge in [0, 0.05) is 29.2 Å². The van der Waals surface area contributed by atoms with Crippen molar-refractivity contribution in [1.29, 1.82) is 5.41 Å². The summed E-state index contributed by atoms with van der Waals surface area (Å²) in [6.45, 7) is 19.3. The molecule has 0 saturated carbocycles. The number of carbonyl (C=O) groups is 1. The Morgan fingerprint density at radius 2 is 1.69 bits per heavy atom. The van der Waals surface area contributed by atoms with E-state index in [0.29, 0.717) is 17.9 Å². The topological polar surface area (TPSA) is 73.6 Å². The Kier molecular flexibility index (Phi) is 10.6. The molecule has 0 amide bonds. The van der Waals surface area contributed by atoms with Crippen LogP contribution in [0.25, 0.3) is 6.08 Å². The maximum atomic E-state index is 13.6. The van der Waals surface area contributed by atoms with E-state index >= 15 is 0 Å². The fourth-order valence-corrected chi connectivity index (χ4v) is 5.09. The molecule has 0 spiro atoms. The average Bonchev–Trinajstić information content (AvgIpc) is 3.06. The number of likely N-dealkylation sites (tertiary alicyclic amines) is 1. The van der Waals surface area contributed by atoms with Crippen LogP contribution in [0.3, 0.4) is 0 Å². The third kappa shape index (κ3) is 7.97. The maximum Gasteiger partial charge on any atom is 0.182 e. The number of phenols is 1. The molecular weight excluding hydrogens is 552 g/mol. The van der Waals surface area contributed by atoms with Crippen molar-refractivity contribution in [3.63, 3.8) is 0 Å². The Morgan fingerprint density at radius 3 is 2.21 bits per heavy atom. The Labute approximate surface area is 245 Å². The molecule has 214 valence electrons. The number of phenolic OH excluding ortho intramolecular Hbond substituents is 1. The highest BCUT2D eigenvalue weighted by atomic mass is 79.9. The van der Waals surface area contributed by atoms with Gasteiger partial charge < -0.3 is 14.7 Å². The molecule has 1 aliphatic rings. The van der Waals surface area contributed by atoms with E-state index in [9.17, 15) is 9.90 Å². The number of aromatic hydroxyl groups is 1. The van der Waals surface area contributed by atoms with Crippen LogP contribution in [0.1, 0.15) is 102 Å². The van der Waals surface area contributed by atoms with Gasteiger partial charge in [0.2, 0.25) is 0 Å². The summed E-state index contributed by atoms with van der Waals surface area (Å²) in [4.78, 5) is 15.5. The van der Waals surface area contributed by atoms with E-state index < -0.39 is 0 Å². The van der Waals surface area contributed by atoms with Crippen LogP contribution in [-0.4, -0.2) is 40.8 Å². The minimum absolute atomic E-state index is 0. The SMILES string of the molecule is Br.CCCC1CN(CC(=O)c2cc(C(C)(C)C)c(O)c(C(C)(C)C)c2)C(=N)C1=Cc1cccc(OC(C)C)c1. The second-order valence-electron chi connectivity index (χ2n) is 12.9. The van der Waals surface area contributed by atoms with Gasteiger partial charge in [-0.2, -0.15) is 0 Å². The first-order valence-corrected chi connectivity index (χ1v) is 13.8. The first kappa shape index (κ1) is 32.6. The van der Waals surface area contributed by atoms with E-state index in [1.165, 1.54) is 0 Å². The zero-order valence-corrected chi connectivity index (χ0v) is 26.9. The van der Waals surface area contributed by atoms with E-state index in [1.807, 2.05) is 96.7 Å². The van der Waals surface area contributed by atoms with E-state index in [2.05, 4.69) is 13.0 Å². The number of Topliss-reactive ketones (excluding diaryl/α,β-unsaturated/α-hetero) is 1. The van der Waals surface area contributed by atoms with Crippen molar-refractivity contribution >= 4 is 34.7 Å². The summed E-state index contributed by atoms with van der Waals surface area (Å²) in [6, 6.07) is 11.6. The fraction of sp³-hybridized carbons (Fsp3) is 0.515. The second-order valence-corrected chi connectivity index (χ2v) is 12.9. The van der Waals surface area contributed by atoms with Crippen LogP contribution in [0, 0.1) is 11.3 Å². The highest BCUT2D eigenvalue weighted by Crippen LogP contribution is 2.40. The average molecular weight is 600 g/mol. The number of amidine groups is 1. The summed E-state index contributed by atoms with van der Waals surface area (Å²) in [5.41, 5.74) is 3.50. The van der Waals surface area contributed by atoms with E-state index in [4.69, 9.17) is 10.1 Å². The maximum absolute atomic E-state index is 13.6. The van der Waals surface area contributed by atoms with Crippen molar-refractivity contribution in [3.05, 3.63) is 64.2 Å². The van der Waals surface area contributed by atoms with Crippen LogP contribution in [0.5, 0.6) is 11.5 Å². The number of nitrogens with zero attached hydrogens (tertiary/aromatic N) is 1. The number of halogens is 1. The standard InChI is InChI=1S/C33H46N2O3.BrH/c1-10-12-23-19-35(31(34)26(23)16-22-13-11-14-25(15-22)38-21(2)3)20-29(36)24-17-27(32(4,5)6)30(37)28(18-24)33(7,8)9;/h11,13-18,21,23,34,37H,10,12,19-20H2,1-9H3;1H. The summed E-state index contributed by atoms with van der Waals surface area (Å²) >= 11 is 0. The second kappa shape index (κ2) is 12.7. The van der Waals surface area contributed by atoms with Crippen molar-refractivity contribution in [2.45, 2.75) is 92.1 Å². The first-order valence-electron chi connectivity index (χ1n) is 13.8. The van der Waals surface area contributed by atoms with Gasteiger partial charge in [0.1, 0.15) is 17.3 Å². The number of hydrogen-bond acceptors (Lipinski definition) is 4. The molecule has 1 saturated heterocycles. The zero-order valence-electron chi connectivity index (χ0n) is 25.1. The highest BCUT2D eigenvalue weighted by Gasteiger charge is 2.34. The number of ketones is 1. The molecule has 0 aromatic heterocycles. The lowest BCUT2D eigenvalue weighted by Gasteiger charge is -2.28. The minimum atomic E-state index is -0.309. The molecule has 2 aromatic rings. The van der Waals surface area contributed by atoms with Crippen molar-refractivity contribution in [3.8, 4) is 11.5 Å². The normalized spacial score (nSPS) is 17.1. The number of ether oxygens (including phenoxy) is 1. The van der Waals surface area contributed by atoms with Crippen LogP contribution < -0.4 is 4.74 Å². The van der Waals surface area contributed by atoms with Crippen LogP contribution in [0.2, 0.25) is 0 Å². The lowest BCUT2D eigenvalue weighted by Crippen LogP contribution is -2.31. The molecule has 1 fully saturated rings. The summed E-state index contributed by atoms with van der Waals surface area (Å²) < 4.78 is 5.86. The molecule has 2 aromatic carbocycles. The highest BCUT2D eigenvalue weighted by molar-refractivity contribution is 8.93. The lowest BCUT2D eigenvalue weighted by atomic mass is 9.78. The Morgan fingerprint density at radius 1 is 1.10 bits per heavy atom. The molecule has 1 heterocycles. The lowest BCUT2D eigenvalue weighted by molar-refractivity contribution is 0.0963. The van der Waals surface area contributed by atoms with E-state index in [-0.39, 0.29) is 57.9 Å². The van der Waals surface area contributed by atoms with Crippen LogP contribution in [-0.2, 0) is 10.8 Å². The van der Waals surface area contributed by atoms with E-state index in [1.54, 1.807) is 0 Å². The van der Waals surface area contributed by atoms with Gasteiger partial charge in [0.05, 0.1) is 12.6 Å². The minimum Gasteiger partial charge on any atom is -0.507 e. The van der Waals surface area contributed by atoms with Crippen LogP contribution in [0.15, 0.2) is 42.0 Å². The number of benzene rings is 2. The number of carbonyl (C=O) groups excluding carboxylic acids is 1. The molecule has 3 rings (SSSR count). The number of nitrogens with one attached hydrogen (secondary N) is 1. The molecule has 2 N–H and O–H groups in total. The van der Waals surface area contributed by atoms with Crippen molar-refractivity contribution < 1.29 is 14.6 Å². The van der Waals surface area contributed by atoms with Gasteiger partial charge in [0.15, 0.2) is 5.78 Å². The molecule has 1 aliphatic heterocycles. The molecule has 5 nitrogen and oxygen atoms in total. The van der Waals surface area contributed by atoms with Crippen molar-refractivity contribution in [2.75, 3.05) is 13.1 Å². The smallest absolute Gasteiger partial charge is 0.182 e. The Bertz CT molecular complexity index is 1180. The van der Waals surface area contributed by atoms with Gasteiger partial charge in [-0.15, -0.1) is 17.0 Å². The van der Waals surface area contributed by atoms with Gasteiger partial charge in [-0.3, -0.25) is 10.2 Å². The predicted octanol–water partition coefficient (Wildman–Crippen LogP) is 8.33. The van der Waals surface area contributed by atoms with Crippen LogP contribution in [0.4, 0.5) is 0 Å². The van der Waals surface area contributed by atoms with Gasteiger partial charge in [-0.05, 0) is 72.6 Å². The van der Waals surface area contributed by atoms with Crippen LogP contribution >= 0.6 is 17.0 Å². The third-order valence-electron chi connectivity index (χ3n) is 7.04. The fourth-order valence-electron chi connectivity index (χ4n) is 5.09. The Balaban J connectivity index is 0.00000533. The van der Waals surface area contributed by atoms with Crippen molar-refractivity contribution in [1.82, 2.24) is 4.90 Å². The Hall–Kier alpha value is -2.60. The molecule has 39 heavy (non-hydrogen) atoms. The zero-order chi connectivity index (χ0) is 28.4. The molecule has 0 radical (unpaired) electrons. The van der Waals surface area contributed by atoms with Gasteiger partial charge in [-0.25, -0.2) is 0 Å². The van der Waals surface area contributed by atoms with Crippen molar-refractivity contribution in [2.24, 2.45) is 5.92 Å².